The van der Waals surface area contributed by atoms with Crippen LogP contribution in [0.3, 0.4) is 0 Å². The number of aryl methyl sites for hydroxylation is 2. The maximum Gasteiger partial charge on any atom is 0.258 e. The van der Waals surface area contributed by atoms with Gasteiger partial charge >= 0.3 is 0 Å². The van der Waals surface area contributed by atoms with Crippen molar-refractivity contribution < 1.29 is 4.79 Å². The lowest BCUT2D eigenvalue weighted by molar-refractivity contribution is 0.100. The second-order valence-corrected chi connectivity index (χ2v) is 5.98. The number of carbonyl (C=O) groups excluding carboxylic acids is 1. The molecule has 0 saturated heterocycles. The van der Waals surface area contributed by atoms with Crippen LogP contribution in [0, 0.1) is 6.92 Å². The molecule has 2 nitrogen and oxygen atoms in total. The van der Waals surface area contributed by atoms with E-state index in [0.29, 0.717) is 4.88 Å². The average Bonchev–Trinajstić information content (AvgIpc) is 2.77. The van der Waals surface area contributed by atoms with E-state index < -0.39 is 0 Å². The van der Waals surface area contributed by atoms with Crippen LogP contribution >= 0.6 is 22.9 Å². The summed E-state index contributed by atoms with van der Waals surface area (Å²) in [6.07, 6.45) is 1.85. The van der Waals surface area contributed by atoms with Gasteiger partial charge in [-0.15, -0.1) is 11.3 Å². The molecule has 92 valence electrons. The van der Waals surface area contributed by atoms with Gasteiger partial charge in [-0.25, -0.2) is 0 Å². The quantitative estimate of drug-likeness (QED) is 0.851. The maximum absolute atomic E-state index is 11.3. The third kappa shape index (κ3) is 1.66. The molecule has 18 heavy (non-hydrogen) atoms. The SMILES string of the molecule is Cc1ccc2c(c1Cl)CCc1cc(C(N)=O)sc1-2. The number of halogens is 1. The third-order valence-corrected chi connectivity index (χ3v) is 5.13. The van der Waals surface area contributed by atoms with Crippen LogP contribution < -0.4 is 5.73 Å². The minimum Gasteiger partial charge on any atom is -0.365 e. The van der Waals surface area contributed by atoms with Crippen molar-refractivity contribution in [1.29, 1.82) is 0 Å². The van der Waals surface area contributed by atoms with E-state index in [2.05, 4.69) is 6.07 Å². The molecule has 0 radical (unpaired) electrons. The highest BCUT2D eigenvalue weighted by Gasteiger charge is 2.22. The van der Waals surface area contributed by atoms with Crippen molar-refractivity contribution in [2.75, 3.05) is 0 Å². The molecule has 0 atom stereocenters. The van der Waals surface area contributed by atoms with Gasteiger partial charge < -0.3 is 5.73 Å². The van der Waals surface area contributed by atoms with Gasteiger partial charge in [0, 0.05) is 9.90 Å². The molecular weight excluding hydrogens is 266 g/mol. The van der Waals surface area contributed by atoms with Crippen molar-refractivity contribution in [3.05, 3.63) is 44.8 Å². The molecule has 1 aromatic heterocycles. The van der Waals surface area contributed by atoms with Gasteiger partial charge in [-0.3, -0.25) is 4.79 Å². The summed E-state index contributed by atoms with van der Waals surface area (Å²) < 4.78 is 0. The molecular formula is C14H12ClNOS. The molecule has 1 heterocycles. The summed E-state index contributed by atoms with van der Waals surface area (Å²) in [6.45, 7) is 2.02. The van der Waals surface area contributed by atoms with Crippen LogP contribution in [-0.4, -0.2) is 5.91 Å². The summed E-state index contributed by atoms with van der Waals surface area (Å²) in [5, 5.41) is 0.854. The van der Waals surface area contributed by atoms with Gasteiger partial charge in [-0.05, 0) is 48.1 Å². The molecule has 2 aromatic rings. The molecule has 1 aliphatic carbocycles. The molecule has 0 saturated carbocycles. The molecule has 4 heteroatoms. The number of fused-ring (bicyclic) bond motifs is 3. The second kappa shape index (κ2) is 4.11. The number of hydrogen-bond acceptors (Lipinski definition) is 2. The number of primary amides is 1. The van der Waals surface area contributed by atoms with E-state index >= 15 is 0 Å². The van der Waals surface area contributed by atoms with Gasteiger partial charge in [-0.1, -0.05) is 23.7 Å². The molecule has 3 rings (SSSR count). The van der Waals surface area contributed by atoms with E-state index in [1.165, 1.54) is 22.5 Å². The highest BCUT2D eigenvalue weighted by molar-refractivity contribution is 7.17. The molecule has 1 amide bonds. The Morgan fingerprint density at radius 1 is 1.39 bits per heavy atom. The van der Waals surface area contributed by atoms with Gasteiger partial charge in [0.1, 0.15) is 0 Å². The van der Waals surface area contributed by atoms with Crippen molar-refractivity contribution in [1.82, 2.24) is 0 Å². The fourth-order valence-electron chi connectivity index (χ4n) is 2.42. The number of carbonyl (C=O) groups is 1. The Balaban J connectivity index is 2.23. The summed E-state index contributed by atoms with van der Waals surface area (Å²) in [7, 11) is 0. The number of hydrogen-bond donors (Lipinski definition) is 1. The lowest BCUT2D eigenvalue weighted by atomic mass is 9.90. The monoisotopic (exact) mass is 277 g/mol. The van der Waals surface area contributed by atoms with Gasteiger partial charge in [0.15, 0.2) is 0 Å². The molecule has 0 bridgehead atoms. The van der Waals surface area contributed by atoms with E-state index in [4.69, 9.17) is 17.3 Å². The largest absolute Gasteiger partial charge is 0.365 e. The Hall–Kier alpha value is -1.32. The zero-order valence-electron chi connectivity index (χ0n) is 9.92. The summed E-state index contributed by atoms with van der Waals surface area (Å²) in [4.78, 5) is 13.0. The van der Waals surface area contributed by atoms with E-state index in [1.807, 2.05) is 19.1 Å². The van der Waals surface area contributed by atoms with Gasteiger partial charge in [-0.2, -0.15) is 0 Å². The van der Waals surface area contributed by atoms with Crippen LogP contribution in [-0.2, 0) is 12.8 Å². The first-order chi connectivity index (χ1) is 8.58. The first-order valence-electron chi connectivity index (χ1n) is 5.79. The molecule has 1 aliphatic rings. The predicted molar refractivity (Wildman–Crippen MR) is 75.4 cm³/mol. The molecule has 1 aromatic carbocycles. The van der Waals surface area contributed by atoms with Crippen LogP contribution in [0.2, 0.25) is 5.02 Å². The van der Waals surface area contributed by atoms with Crippen molar-refractivity contribution in [3.8, 4) is 10.4 Å². The predicted octanol–water partition coefficient (Wildman–Crippen LogP) is 3.57. The summed E-state index contributed by atoms with van der Waals surface area (Å²) in [5.74, 6) is -0.353. The minimum atomic E-state index is -0.353. The van der Waals surface area contributed by atoms with E-state index in [0.717, 1.165) is 33.9 Å². The summed E-state index contributed by atoms with van der Waals surface area (Å²) in [6, 6.07) is 6.04. The fourth-order valence-corrected chi connectivity index (χ4v) is 3.79. The van der Waals surface area contributed by atoms with Gasteiger partial charge in [0.2, 0.25) is 0 Å². The first kappa shape index (κ1) is 11.8. The van der Waals surface area contributed by atoms with Crippen molar-refractivity contribution in [2.45, 2.75) is 19.8 Å². The Bertz CT molecular complexity index is 660. The minimum absolute atomic E-state index is 0.353. The lowest BCUT2D eigenvalue weighted by Crippen LogP contribution is -2.08. The summed E-state index contributed by atoms with van der Waals surface area (Å²) in [5.41, 5.74) is 10.0. The van der Waals surface area contributed by atoms with Crippen LogP contribution in [0.4, 0.5) is 0 Å². The van der Waals surface area contributed by atoms with Crippen LogP contribution in [0.1, 0.15) is 26.4 Å². The van der Waals surface area contributed by atoms with E-state index in [9.17, 15) is 4.79 Å². The second-order valence-electron chi connectivity index (χ2n) is 4.55. The zero-order chi connectivity index (χ0) is 12.9. The lowest BCUT2D eigenvalue weighted by Gasteiger charge is -2.18. The maximum atomic E-state index is 11.3. The molecule has 0 unspecified atom stereocenters. The number of benzene rings is 1. The molecule has 0 fully saturated rings. The number of thiophene rings is 1. The van der Waals surface area contributed by atoms with Crippen LogP contribution in [0.15, 0.2) is 18.2 Å². The topological polar surface area (TPSA) is 43.1 Å². The Labute approximate surface area is 114 Å². The highest BCUT2D eigenvalue weighted by Crippen LogP contribution is 2.42. The summed E-state index contributed by atoms with van der Waals surface area (Å²) >= 11 is 7.83. The van der Waals surface area contributed by atoms with Crippen LogP contribution in [0.25, 0.3) is 10.4 Å². The standard InChI is InChI=1S/C14H12ClNOS/c1-7-2-4-10-9(12(7)15)5-3-8-6-11(14(16)17)18-13(8)10/h2,4,6H,3,5H2,1H3,(H2,16,17). The van der Waals surface area contributed by atoms with E-state index in [1.54, 1.807) is 0 Å². The normalized spacial score (nSPS) is 13.0. The van der Waals surface area contributed by atoms with Gasteiger partial charge in [0.05, 0.1) is 4.88 Å². The smallest absolute Gasteiger partial charge is 0.258 e. The van der Waals surface area contributed by atoms with Crippen LogP contribution in [0.5, 0.6) is 0 Å². The Kier molecular flexibility index (Phi) is 2.68. The third-order valence-electron chi connectivity index (χ3n) is 3.38. The zero-order valence-corrected chi connectivity index (χ0v) is 11.5. The van der Waals surface area contributed by atoms with Crippen molar-refractivity contribution >= 4 is 28.8 Å². The highest BCUT2D eigenvalue weighted by atomic mass is 35.5. The van der Waals surface area contributed by atoms with Crippen molar-refractivity contribution in [3.63, 3.8) is 0 Å². The van der Waals surface area contributed by atoms with Gasteiger partial charge in [0.25, 0.3) is 5.91 Å². The molecule has 0 spiro atoms. The molecule has 0 aliphatic heterocycles. The first-order valence-corrected chi connectivity index (χ1v) is 6.98. The van der Waals surface area contributed by atoms with Crippen molar-refractivity contribution in [2.24, 2.45) is 5.73 Å². The van der Waals surface area contributed by atoms with E-state index in [-0.39, 0.29) is 5.91 Å². The average molecular weight is 278 g/mol. The Morgan fingerprint density at radius 3 is 2.89 bits per heavy atom. The fraction of sp³-hybridized carbons (Fsp3) is 0.214. The number of rotatable bonds is 1. The Morgan fingerprint density at radius 2 is 2.17 bits per heavy atom. The number of nitrogens with two attached hydrogens (primary N) is 1. The number of amides is 1. The molecule has 2 N–H and O–H groups in total.